The first kappa shape index (κ1) is 15.2. The van der Waals surface area contributed by atoms with E-state index in [-0.39, 0.29) is 5.63 Å². The van der Waals surface area contributed by atoms with Crippen LogP contribution in [-0.2, 0) is 4.79 Å². The minimum absolute atomic E-state index is 0.302. The molecular weight excluding hydrogens is 260 g/mol. The first-order valence-corrected chi connectivity index (χ1v) is 5.72. The van der Waals surface area contributed by atoms with Crippen molar-refractivity contribution in [1.82, 2.24) is 10.2 Å². The summed E-state index contributed by atoms with van der Waals surface area (Å²) in [5.74, 6) is -0.833. The number of aliphatic carboxylic acids is 1. The third kappa shape index (κ3) is 6.15. The molecule has 0 unspecified atom stereocenters. The minimum Gasteiger partial charge on any atom is -0.481 e. The summed E-state index contributed by atoms with van der Waals surface area (Å²) in [4.78, 5) is 19.7. The Morgan fingerprint density at radius 1 is 1.20 bits per heavy atom. The highest BCUT2D eigenvalue weighted by molar-refractivity contribution is 5.75. The highest BCUT2D eigenvalue weighted by Crippen LogP contribution is 2.08. The van der Waals surface area contributed by atoms with Crippen LogP contribution < -0.4 is 5.63 Å². The maximum Gasteiger partial charge on any atom is 0.336 e. The Bertz CT molecular complexity index is 668. The Morgan fingerprint density at radius 2 is 1.90 bits per heavy atom. The van der Waals surface area contributed by atoms with Crippen molar-refractivity contribution in [3.63, 3.8) is 0 Å². The van der Waals surface area contributed by atoms with Gasteiger partial charge in [0.25, 0.3) is 5.97 Å². The van der Waals surface area contributed by atoms with Crippen LogP contribution in [0.3, 0.4) is 0 Å². The number of carbonyl (C=O) groups is 1. The van der Waals surface area contributed by atoms with Gasteiger partial charge >= 0.3 is 5.63 Å². The average Bonchev–Trinajstić information content (AvgIpc) is 2.97. The number of carboxylic acids is 1. The van der Waals surface area contributed by atoms with Crippen LogP contribution in [-0.4, -0.2) is 21.3 Å². The molecule has 3 aromatic rings. The predicted molar refractivity (Wildman–Crippen MR) is 74.4 cm³/mol. The van der Waals surface area contributed by atoms with Crippen LogP contribution in [0.1, 0.15) is 6.92 Å². The third-order valence-corrected chi connectivity index (χ3v) is 1.93. The van der Waals surface area contributed by atoms with E-state index < -0.39 is 5.97 Å². The molecule has 2 N–H and O–H groups in total. The van der Waals surface area contributed by atoms with Crippen molar-refractivity contribution >= 4 is 16.9 Å². The Balaban J connectivity index is 0.000000185. The zero-order valence-electron chi connectivity index (χ0n) is 10.8. The van der Waals surface area contributed by atoms with Crippen molar-refractivity contribution in [2.75, 3.05) is 0 Å². The smallest absolute Gasteiger partial charge is 0.336 e. The van der Waals surface area contributed by atoms with Gasteiger partial charge in [-0.1, -0.05) is 18.2 Å². The number of para-hydroxylation sites is 1. The molecule has 6 nitrogen and oxygen atoms in total. The molecular formula is C14H14N2O4. The lowest BCUT2D eigenvalue weighted by molar-refractivity contribution is -0.134. The lowest BCUT2D eigenvalue weighted by atomic mass is 10.2. The Hall–Kier alpha value is -2.89. The van der Waals surface area contributed by atoms with Crippen LogP contribution in [0.5, 0.6) is 0 Å². The molecule has 0 radical (unpaired) electrons. The van der Waals surface area contributed by atoms with E-state index in [1.54, 1.807) is 24.5 Å². The fourth-order valence-corrected chi connectivity index (χ4v) is 1.23. The van der Waals surface area contributed by atoms with Crippen molar-refractivity contribution in [2.24, 2.45) is 0 Å². The molecule has 0 fully saturated rings. The zero-order valence-corrected chi connectivity index (χ0v) is 10.8. The van der Waals surface area contributed by atoms with Crippen molar-refractivity contribution < 1.29 is 14.3 Å². The molecule has 20 heavy (non-hydrogen) atoms. The molecule has 0 atom stereocenters. The van der Waals surface area contributed by atoms with Gasteiger partial charge < -0.3 is 9.52 Å². The number of fused-ring (bicyclic) bond motifs is 1. The topological polar surface area (TPSA) is 96.2 Å². The molecule has 104 valence electrons. The van der Waals surface area contributed by atoms with Crippen LogP contribution in [0.25, 0.3) is 11.0 Å². The van der Waals surface area contributed by atoms with Crippen LogP contribution in [0.2, 0.25) is 0 Å². The van der Waals surface area contributed by atoms with Gasteiger partial charge in [0.05, 0.1) is 0 Å². The monoisotopic (exact) mass is 274 g/mol. The summed E-state index contributed by atoms with van der Waals surface area (Å²) in [7, 11) is 0. The number of nitrogens with one attached hydrogen (secondary N) is 1. The molecule has 0 spiro atoms. The summed E-state index contributed by atoms with van der Waals surface area (Å²) in [5.41, 5.74) is 0.337. The van der Waals surface area contributed by atoms with E-state index in [2.05, 4.69) is 10.2 Å². The molecule has 2 heterocycles. The van der Waals surface area contributed by atoms with Gasteiger partial charge in [0, 0.05) is 30.8 Å². The zero-order chi connectivity index (χ0) is 14.8. The highest BCUT2D eigenvalue weighted by atomic mass is 16.4. The molecule has 0 saturated heterocycles. The second-order valence-electron chi connectivity index (χ2n) is 3.58. The summed E-state index contributed by atoms with van der Waals surface area (Å²) in [5, 5.41) is 14.6. The van der Waals surface area contributed by atoms with E-state index >= 15 is 0 Å². The number of hydrogen-bond acceptors (Lipinski definition) is 4. The van der Waals surface area contributed by atoms with Gasteiger partial charge in [-0.3, -0.25) is 9.89 Å². The van der Waals surface area contributed by atoms with Gasteiger partial charge in [-0.15, -0.1) is 0 Å². The van der Waals surface area contributed by atoms with Crippen LogP contribution in [0.4, 0.5) is 0 Å². The standard InChI is InChI=1S/C9H6O2.C3H4N2.C2H4O2/c10-9-6-5-7-3-1-2-4-8(7)11-9;1-2-4-5-3-1;1-2(3)4/h1-6H;1-3H,(H,4,5);1H3,(H,3,4). The second-order valence-corrected chi connectivity index (χ2v) is 3.58. The number of carboxylic acid groups (broad SMARTS) is 1. The number of H-pyrrole nitrogens is 1. The molecule has 0 aliphatic carbocycles. The molecule has 3 rings (SSSR count). The van der Waals surface area contributed by atoms with Crippen LogP contribution in [0.15, 0.2) is 64.1 Å². The first-order chi connectivity index (χ1) is 9.59. The SMILES string of the molecule is CC(=O)O.O=c1ccc2ccccc2o1.c1cn[nH]c1. The van der Waals surface area contributed by atoms with Crippen molar-refractivity contribution in [3.8, 4) is 0 Å². The highest BCUT2D eigenvalue weighted by Gasteiger charge is 1.92. The third-order valence-electron chi connectivity index (χ3n) is 1.93. The van der Waals surface area contributed by atoms with E-state index in [4.69, 9.17) is 14.3 Å². The van der Waals surface area contributed by atoms with Crippen molar-refractivity contribution in [1.29, 1.82) is 0 Å². The largest absolute Gasteiger partial charge is 0.481 e. The summed E-state index contributed by atoms with van der Waals surface area (Å²) in [6.07, 6.45) is 3.46. The second kappa shape index (κ2) is 8.25. The average molecular weight is 274 g/mol. The lowest BCUT2D eigenvalue weighted by Crippen LogP contribution is -1.93. The number of nitrogens with zero attached hydrogens (tertiary/aromatic N) is 1. The number of benzene rings is 1. The van der Waals surface area contributed by atoms with E-state index in [9.17, 15) is 4.79 Å². The van der Waals surface area contributed by atoms with Crippen molar-refractivity contribution in [3.05, 3.63) is 65.3 Å². The van der Waals surface area contributed by atoms with E-state index in [0.717, 1.165) is 12.3 Å². The molecule has 1 aromatic carbocycles. The first-order valence-electron chi connectivity index (χ1n) is 5.72. The fraction of sp³-hybridized carbons (Fsp3) is 0.0714. The lowest BCUT2D eigenvalue weighted by Gasteiger charge is -1.91. The van der Waals surface area contributed by atoms with E-state index in [1.165, 1.54) is 6.07 Å². The fourth-order valence-electron chi connectivity index (χ4n) is 1.23. The summed E-state index contributed by atoms with van der Waals surface area (Å²) >= 11 is 0. The predicted octanol–water partition coefficient (Wildman–Crippen LogP) is 2.29. The number of aromatic nitrogens is 2. The molecule has 2 aromatic heterocycles. The summed E-state index contributed by atoms with van der Waals surface area (Å²) < 4.78 is 4.91. The van der Waals surface area contributed by atoms with Gasteiger partial charge in [-0.05, 0) is 18.2 Å². The van der Waals surface area contributed by atoms with Gasteiger partial charge in [-0.25, -0.2) is 4.79 Å². The maximum absolute atomic E-state index is 10.7. The van der Waals surface area contributed by atoms with E-state index in [1.807, 2.05) is 24.3 Å². The van der Waals surface area contributed by atoms with E-state index in [0.29, 0.717) is 5.58 Å². The normalized spacial score (nSPS) is 8.85. The van der Waals surface area contributed by atoms with Gasteiger partial charge in [0.15, 0.2) is 0 Å². The van der Waals surface area contributed by atoms with Crippen LogP contribution >= 0.6 is 0 Å². The Kier molecular flexibility index (Phi) is 6.26. The van der Waals surface area contributed by atoms with Crippen LogP contribution in [0, 0.1) is 0 Å². The summed E-state index contributed by atoms with van der Waals surface area (Å²) in [6.45, 7) is 1.08. The minimum atomic E-state index is -0.833. The van der Waals surface area contributed by atoms with Crippen molar-refractivity contribution in [2.45, 2.75) is 6.92 Å². The van der Waals surface area contributed by atoms with Gasteiger partial charge in [0.2, 0.25) is 0 Å². The Morgan fingerprint density at radius 3 is 2.45 bits per heavy atom. The summed E-state index contributed by atoms with van der Waals surface area (Å²) in [6, 6.07) is 12.4. The van der Waals surface area contributed by atoms with Gasteiger partial charge in [0.1, 0.15) is 5.58 Å². The molecule has 6 heteroatoms. The maximum atomic E-state index is 10.7. The molecule has 0 aliphatic rings. The number of hydrogen-bond donors (Lipinski definition) is 2. The number of aromatic amines is 1. The quantitative estimate of drug-likeness (QED) is 0.613. The molecule has 0 amide bonds. The molecule has 0 aliphatic heterocycles. The Labute approximate surface area is 114 Å². The van der Waals surface area contributed by atoms with Gasteiger partial charge in [-0.2, -0.15) is 5.10 Å². The molecule has 0 saturated carbocycles. The molecule has 0 bridgehead atoms. The number of rotatable bonds is 0.